The molecule has 2 aromatic rings. The average Bonchev–Trinajstić information content (AvgIpc) is 2.71. The Hall–Kier alpha value is -1.88. The number of aromatic carboxylic acids is 1. The van der Waals surface area contributed by atoms with Gasteiger partial charge in [0.05, 0.1) is 22.9 Å². The molecule has 0 fully saturated rings. The summed E-state index contributed by atoms with van der Waals surface area (Å²) in [4.78, 5) is 17.4. The van der Waals surface area contributed by atoms with Gasteiger partial charge in [0.25, 0.3) is 0 Å². The van der Waals surface area contributed by atoms with Crippen LogP contribution in [-0.4, -0.2) is 45.2 Å². The molecule has 19 heavy (non-hydrogen) atoms. The van der Waals surface area contributed by atoms with E-state index < -0.39 is 5.97 Å². The van der Waals surface area contributed by atoms with Crippen molar-refractivity contribution < 1.29 is 9.90 Å². The van der Waals surface area contributed by atoms with Gasteiger partial charge in [0, 0.05) is 12.1 Å². The Bertz CT molecular complexity index is 614. The van der Waals surface area contributed by atoms with Crippen LogP contribution in [0.2, 0.25) is 0 Å². The highest BCUT2D eigenvalue weighted by atomic mass is 16.4. The minimum atomic E-state index is -0.926. The number of aromatic nitrogens is 2. The van der Waals surface area contributed by atoms with E-state index in [1.165, 1.54) is 0 Å². The summed E-state index contributed by atoms with van der Waals surface area (Å²) in [5, 5.41) is 8.97. The number of hydrogen-bond donors (Lipinski definition) is 1. The largest absolute Gasteiger partial charge is 0.478 e. The quantitative estimate of drug-likeness (QED) is 0.915. The van der Waals surface area contributed by atoms with Crippen LogP contribution < -0.4 is 0 Å². The van der Waals surface area contributed by atoms with Gasteiger partial charge in [-0.05, 0) is 46.1 Å². The van der Waals surface area contributed by atoms with Crippen molar-refractivity contribution in [3.05, 3.63) is 30.1 Å². The first-order valence-corrected chi connectivity index (χ1v) is 6.17. The first-order valence-electron chi connectivity index (χ1n) is 6.17. The summed E-state index contributed by atoms with van der Waals surface area (Å²) in [5.41, 5.74) is 1.94. The van der Waals surface area contributed by atoms with Crippen molar-refractivity contribution in [2.24, 2.45) is 0 Å². The number of imidazole rings is 1. The highest BCUT2D eigenvalue weighted by Crippen LogP contribution is 2.19. The van der Waals surface area contributed by atoms with E-state index in [0.717, 1.165) is 17.6 Å². The SMILES string of the molecule is CN(C)C(C)(C)Cn1cnc2cc(C(=O)O)ccc21. The molecule has 0 aliphatic carbocycles. The Balaban J connectivity index is 2.39. The zero-order valence-electron chi connectivity index (χ0n) is 11.7. The maximum absolute atomic E-state index is 10.9. The number of fused-ring (bicyclic) bond motifs is 1. The van der Waals surface area contributed by atoms with Crippen LogP contribution in [0.4, 0.5) is 0 Å². The molecule has 0 spiro atoms. The second-order valence-electron chi connectivity index (χ2n) is 5.59. The molecule has 0 bridgehead atoms. The molecule has 0 saturated heterocycles. The van der Waals surface area contributed by atoms with E-state index in [9.17, 15) is 4.79 Å². The van der Waals surface area contributed by atoms with Crippen molar-refractivity contribution in [3.63, 3.8) is 0 Å². The van der Waals surface area contributed by atoms with Gasteiger partial charge >= 0.3 is 5.97 Å². The fraction of sp³-hybridized carbons (Fsp3) is 0.429. The Labute approximate surface area is 112 Å². The summed E-state index contributed by atoms with van der Waals surface area (Å²) in [6.45, 7) is 5.11. The Morgan fingerprint density at radius 3 is 2.68 bits per heavy atom. The smallest absolute Gasteiger partial charge is 0.335 e. The number of likely N-dealkylation sites (N-methyl/N-ethyl adjacent to an activating group) is 1. The fourth-order valence-corrected chi connectivity index (χ4v) is 1.88. The molecule has 0 unspecified atom stereocenters. The lowest BCUT2D eigenvalue weighted by molar-refractivity contribution is 0.0697. The average molecular weight is 261 g/mol. The van der Waals surface area contributed by atoms with Crippen LogP contribution in [0.5, 0.6) is 0 Å². The van der Waals surface area contributed by atoms with Crippen LogP contribution in [-0.2, 0) is 6.54 Å². The molecule has 0 saturated carbocycles. The van der Waals surface area contributed by atoms with E-state index in [0.29, 0.717) is 0 Å². The summed E-state index contributed by atoms with van der Waals surface area (Å²) >= 11 is 0. The molecule has 1 aromatic heterocycles. The van der Waals surface area contributed by atoms with Gasteiger partial charge in [-0.25, -0.2) is 9.78 Å². The van der Waals surface area contributed by atoms with Gasteiger partial charge in [0.1, 0.15) is 0 Å². The van der Waals surface area contributed by atoms with Gasteiger partial charge in [0.15, 0.2) is 0 Å². The van der Waals surface area contributed by atoms with E-state index in [1.807, 2.05) is 20.2 Å². The maximum Gasteiger partial charge on any atom is 0.335 e. The molecule has 5 nitrogen and oxygen atoms in total. The number of carboxylic acid groups (broad SMARTS) is 1. The molecule has 1 aromatic carbocycles. The van der Waals surface area contributed by atoms with Crippen molar-refractivity contribution in [1.82, 2.24) is 14.5 Å². The Kier molecular flexibility index (Phi) is 3.32. The van der Waals surface area contributed by atoms with Gasteiger partial charge in [-0.15, -0.1) is 0 Å². The van der Waals surface area contributed by atoms with Crippen LogP contribution in [0.15, 0.2) is 24.5 Å². The van der Waals surface area contributed by atoms with E-state index in [1.54, 1.807) is 18.5 Å². The normalized spacial score (nSPS) is 12.3. The molecule has 1 heterocycles. The lowest BCUT2D eigenvalue weighted by Gasteiger charge is -2.33. The molecule has 5 heteroatoms. The van der Waals surface area contributed by atoms with E-state index in [4.69, 9.17) is 5.11 Å². The van der Waals surface area contributed by atoms with Gasteiger partial charge in [-0.3, -0.25) is 0 Å². The maximum atomic E-state index is 10.9. The van der Waals surface area contributed by atoms with Gasteiger partial charge in [-0.2, -0.15) is 0 Å². The lowest BCUT2D eigenvalue weighted by Crippen LogP contribution is -2.41. The topological polar surface area (TPSA) is 58.4 Å². The molecular weight excluding hydrogens is 242 g/mol. The van der Waals surface area contributed by atoms with Gasteiger partial charge in [0.2, 0.25) is 0 Å². The zero-order chi connectivity index (χ0) is 14.2. The highest BCUT2D eigenvalue weighted by Gasteiger charge is 2.22. The van der Waals surface area contributed by atoms with Gasteiger partial charge < -0.3 is 14.6 Å². The second kappa shape index (κ2) is 4.66. The monoisotopic (exact) mass is 261 g/mol. The molecular formula is C14H19N3O2. The molecule has 0 aliphatic heterocycles. The predicted molar refractivity (Wildman–Crippen MR) is 74.5 cm³/mol. The number of benzene rings is 1. The predicted octanol–water partition coefficient (Wildman–Crippen LogP) is 2.07. The number of hydrogen-bond acceptors (Lipinski definition) is 3. The first-order chi connectivity index (χ1) is 8.81. The van der Waals surface area contributed by atoms with Crippen molar-refractivity contribution in [2.45, 2.75) is 25.9 Å². The number of carboxylic acids is 1. The minimum absolute atomic E-state index is 0.000893. The Morgan fingerprint density at radius 2 is 2.11 bits per heavy atom. The fourth-order valence-electron chi connectivity index (χ4n) is 1.88. The summed E-state index contributed by atoms with van der Waals surface area (Å²) in [6.07, 6.45) is 1.77. The van der Waals surface area contributed by atoms with E-state index in [-0.39, 0.29) is 11.1 Å². The summed E-state index contributed by atoms with van der Waals surface area (Å²) in [6, 6.07) is 5.04. The summed E-state index contributed by atoms with van der Waals surface area (Å²) < 4.78 is 2.06. The highest BCUT2D eigenvalue weighted by molar-refractivity contribution is 5.92. The first kappa shape index (κ1) is 13.5. The van der Waals surface area contributed by atoms with Crippen molar-refractivity contribution in [3.8, 4) is 0 Å². The molecule has 0 aliphatic rings. The number of rotatable bonds is 4. The van der Waals surface area contributed by atoms with Crippen LogP contribution >= 0.6 is 0 Å². The molecule has 102 valence electrons. The van der Waals surface area contributed by atoms with E-state index >= 15 is 0 Å². The third-order valence-corrected chi connectivity index (χ3v) is 3.64. The van der Waals surface area contributed by atoms with Crippen molar-refractivity contribution in [2.75, 3.05) is 14.1 Å². The molecule has 0 radical (unpaired) electrons. The van der Waals surface area contributed by atoms with Gasteiger partial charge in [-0.1, -0.05) is 0 Å². The standard InChI is InChI=1S/C14H19N3O2/c1-14(2,16(3)4)8-17-9-15-11-7-10(13(18)19)5-6-12(11)17/h5-7,9H,8H2,1-4H3,(H,18,19). The van der Waals surface area contributed by atoms with Crippen LogP contribution in [0, 0.1) is 0 Å². The van der Waals surface area contributed by atoms with Crippen molar-refractivity contribution in [1.29, 1.82) is 0 Å². The second-order valence-corrected chi connectivity index (χ2v) is 5.59. The molecule has 1 N–H and O–H groups in total. The molecule has 2 rings (SSSR count). The number of nitrogens with zero attached hydrogens (tertiary/aromatic N) is 3. The summed E-state index contributed by atoms with van der Waals surface area (Å²) in [7, 11) is 4.09. The molecule has 0 amide bonds. The molecule has 0 atom stereocenters. The summed E-state index contributed by atoms with van der Waals surface area (Å²) in [5.74, 6) is -0.926. The van der Waals surface area contributed by atoms with Crippen LogP contribution in [0.3, 0.4) is 0 Å². The van der Waals surface area contributed by atoms with Crippen LogP contribution in [0.25, 0.3) is 11.0 Å². The third kappa shape index (κ3) is 2.61. The minimum Gasteiger partial charge on any atom is -0.478 e. The van der Waals surface area contributed by atoms with Crippen LogP contribution in [0.1, 0.15) is 24.2 Å². The number of carbonyl (C=O) groups is 1. The van der Waals surface area contributed by atoms with Crippen molar-refractivity contribution >= 4 is 17.0 Å². The van der Waals surface area contributed by atoms with E-state index in [2.05, 4.69) is 28.3 Å². The lowest BCUT2D eigenvalue weighted by atomic mass is 10.0. The third-order valence-electron chi connectivity index (χ3n) is 3.64. The Morgan fingerprint density at radius 1 is 1.42 bits per heavy atom. The zero-order valence-corrected chi connectivity index (χ0v) is 11.7.